The van der Waals surface area contributed by atoms with Gasteiger partial charge in [0.1, 0.15) is 6.17 Å². The minimum absolute atomic E-state index is 0.153. The van der Waals surface area contributed by atoms with Crippen LogP contribution in [0.1, 0.15) is 40.0 Å². The first kappa shape index (κ1) is 19.4. The molecule has 0 spiro atoms. The second kappa shape index (κ2) is 7.81. The first-order valence-corrected chi connectivity index (χ1v) is 11.0. The lowest BCUT2D eigenvalue weighted by atomic mass is 9.83. The van der Waals surface area contributed by atoms with Crippen molar-refractivity contribution in [1.29, 1.82) is 0 Å². The van der Waals surface area contributed by atoms with E-state index >= 15 is 0 Å². The Morgan fingerprint density at radius 3 is 2.74 bits per heavy atom. The van der Waals surface area contributed by atoms with Crippen LogP contribution >= 0.6 is 23.2 Å². The van der Waals surface area contributed by atoms with E-state index in [1.165, 1.54) is 32.4 Å². The molecule has 1 N–H and O–H groups in total. The van der Waals surface area contributed by atoms with E-state index in [1.807, 2.05) is 18.2 Å². The van der Waals surface area contributed by atoms with Crippen LogP contribution in [0, 0.1) is 17.8 Å². The van der Waals surface area contributed by atoms with E-state index in [1.54, 1.807) is 0 Å². The van der Waals surface area contributed by atoms with Crippen molar-refractivity contribution in [3.05, 3.63) is 28.2 Å². The van der Waals surface area contributed by atoms with Crippen LogP contribution in [0.4, 0.5) is 5.69 Å². The van der Waals surface area contributed by atoms with Crippen LogP contribution in [0.25, 0.3) is 0 Å². The number of hydrogen-bond acceptors (Lipinski definition) is 4. The molecule has 4 rings (SSSR count). The second-order valence-electron chi connectivity index (χ2n) is 8.27. The summed E-state index contributed by atoms with van der Waals surface area (Å²) in [6, 6.07) is 5.82. The monoisotopic (exact) mass is 408 g/mol. The van der Waals surface area contributed by atoms with Gasteiger partial charge in [0.05, 0.1) is 22.7 Å². The van der Waals surface area contributed by atoms with Gasteiger partial charge in [0.2, 0.25) is 0 Å². The highest BCUT2D eigenvalue weighted by Crippen LogP contribution is 2.44. The summed E-state index contributed by atoms with van der Waals surface area (Å²) < 4.78 is 0. The van der Waals surface area contributed by atoms with Crippen molar-refractivity contribution >= 4 is 34.7 Å². The number of rotatable bonds is 5. The number of halogens is 2. The Morgan fingerprint density at radius 2 is 2.04 bits per heavy atom. The van der Waals surface area contributed by atoms with Gasteiger partial charge in [0.25, 0.3) is 0 Å². The van der Waals surface area contributed by atoms with Crippen LogP contribution in [-0.4, -0.2) is 42.7 Å². The van der Waals surface area contributed by atoms with E-state index in [4.69, 9.17) is 28.2 Å². The number of anilines is 1. The highest BCUT2D eigenvalue weighted by atomic mass is 35.5. The number of amidine groups is 1. The van der Waals surface area contributed by atoms with E-state index in [0.29, 0.717) is 23.0 Å². The Hall–Kier alpha value is -0.970. The molecular weight excluding hydrogens is 379 g/mol. The third-order valence-corrected chi connectivity index (χ3v) is 7.26. The van der Waals surface area contributed by atoms with E-state index < -0.39 is 0 Å². The lowest BCUT2D eigenvalue weighted by Crippen LogP contribution is -2.59. The molecule has 2 saturated heterocycles. The smallest absolute Gasteiger partial charge is 0.129 e. The molecule has 4 atom stereocenters. The summed E-state index contributed by atoms with van der Waals surface area (Å²) in [5.41, 5.74) is 1.06. The average Bonchev–Trinajstić information content (AvgIpc) is 2.99. The van der Waals surface area contributed by atoms with Gasteiger partial charge in [0.15, 0.2) is 0 Å². The quantitative estimate of drug-likeness (QED) is 0.754. The van der Waals surface area contributed by atoms with Crippen molar-refractivity contribution in [2.24, 2.45) is 22.7 Å². The van der Waals surface area contributed by atoms with Crippen molar-refractivity contribution in [2.45, 2.75) is 52.4 Å². The molecule has 3 aliphatic heterocycles. The highest BCUT2D eigenvalue weighted by Gasteiger charge is 2.52. The molecule has 0 bridgehead atoms. The molecule has 3 heterocycles. The van der Waals surface area contributed by atoms with Crippen LogP contribution in [0.3, 0.4) is 0 Å². The van der Waals surface area contributed by atoms with Crippen LogP contribution in [-0.2, 0) is 0 Å². The summed E-state index contributed by atoms with van der Waals surface area (Å²) in [6.45, 7) is 10.1. The van der Waals surface area contributed by atoms with Crippen LogP contribution in [0.5, 0.6) is 0 Å². The number of piperidine rings is 1. The molecule has 1 aromatic carbocycles. The number of aliphatic imine (C=N–C) groups is 1. The van der Waals surface area contributed by atoms with Crippen LogP contribution < -0.4 is 10.2 Å². The summed E-state index contributed by atoms with van der Waals surface area (Å²) in [5, 5.41) is 5.10. The molecule has 4 unspecified atom stereocenters. The Morgan fingerprint density at radius 1 is 1.26 bits per heavy atom. The molecule has 27 heavy (non-hydrogen) atoms. The first-order valence-electron chi connectivity index (χ1n) is 10.3. The fourth-order valence-electron chi connectivity index (χ4n) is 5.21. The molecule has 0 amide bonds. The lowest BCUT2D eigenvalue weighted by molar-refractivity contribution is 0.152. The molecule has 1 aromatic rings. The number of hydrogen-bond donors (Lipinski definition) is 1. The van der Waals surface area contributed by atoms with E-state index in [2.05, 4.69) is 35.9 Å². The Kier molecular flexibility index (Phi) is 5.59. The standard InChI is InChI=1S/C21H30Cl2N4/c1-4-14(5-2)11-26-12-15-8-9-27(18-7-6-16(22)10-17(18)23)21-19(15)20(26)24-13(3)25-21/h6-7,10,14-15,19-21H,4-5,8-9,11-12H2,1-3H3,(H,24,25). The van der Waals surface area contributed by atoms with Crippen LogP contribution in [0.15, 0.2) is 23.2 Å². The molecule has 0 aromatic heterocycles. The summed E-state index contributed by atoms with van der Waals surface area (Å²) in [4.78, 5) is 10.1. The fourth-order valence-corrected chi connectivity index (χ4v) is 5.73. The third-order valence-electron chi connectivity index (χ3n) is 6.72. The van der Waals surface area contributed by atoms with Gasteiger partial charge in [0, 0.05) is 30.6 Å². The minimum Gasteiger partial charge on any atom is -0.358 e. The van der Waals surface area contributed by atoms with Crippen LogP contribution in [0.2, 0.25) is 10.0 Å². The summed E-state index contributed by atoms with van der Waals surface area (Å²) in [7, 11) is 0. The maximum absolute atomic E-state index is 6.55. The van der Waals surface area contributed by atoms with Crippen molar-refractivity contribution in [3.8, 4) is 0 Å². The molecule has 0 radical (unpaired) electrons. The fraction of sp³-hybridized carbons (Fsp3) is 0.667. The molecule has 0 aliphatic carbocycles. The third kappa shape index (κ3) is 3.56. The van der Waals surface area contributed by atoms with Gasteiger partial charge in [-0.2, -0.15) is 0 Å². The number of nitrogens with one attached hydrogen (secondary N) is 1. The number of likely N-dealkylation sites (tertiary alicyclic amines) is 1. The molecular formula is C21H30Cl2N4. The van der Waals surface area contributed by atoms with E-state index in [9.17, 15) is 0 Å². The van der Waals surface area contributed by atoms with E-state index in [0.717, 1.165) is 29.0 Å². The predicted octanol–water partition coefficient (Wildman–Crippen LogP) is 4.86. The molecule has 0 saturated carbocycles. The van der Waals surface area contributed by atoms with E-state index in [-0.39, 0.29) is 6.17 Å². The summed E-state index contributed by atoms with van der Waals surface area (Å²) in [6.07, 6.45) is 4.22. The van der Waals surface area contributed by atoms with Gasteiger partial charge in [-0.1, -0.05) is 49.9 Å². The number of benzene rings is 1. The molecule has 6 heteroatoms. The van der Waals surface area contributed by atoms with Gasteiger partial charge in [-0.25, -0.2) is 4.99 Å². The van der Waals surface area contributed by atoms with Gasteiger partial charge in [-0.15, -0.1) is 0 Å². The maximum atomic E-state index is 6.55. The van der Waals surface area contributed by atoms with Crippen molar-refractivity contribution in [3.63, 3.8) is 0 Å². The Labute approximate surface area is 172 Å². The first-order chi connectivity index (χ1) is 13.0. The highest BCUT2D eigenvalue weighted by molar-refractivity contribution is 6.36. The Balaban J connectivity index is 1.63. The Bertz CT molecular complexity index is 718. The zero-order valence-electron chi connectivity index (χ0n) is 16.5. The zero-order chi connectivity index (χ0) is 19.1. The molecule has 2 fully saturated rings. The SMILES string of the molecule is CCC(CC)CN1CC2CCN(c3ccc(Cl)cc3Cl)C3N=C(C)NC1C23. The maximum Gasteiger partial charge on any atom is 0.129 e. The van der Waals surface area contributed by atoms with Gasteiger partial charge in [-0.05, 0) is 43.4 Å². The molecule has 4 nitrogen and oxygen atoms in total. The summed E-state index contributed by atoms with van der Waals surface area (Å²) >= 11 is 12.7. The van der Waals surface area contributed by atoms with Crippen molar-refractivity contribution < 1.29 is 0 Å². The molecule has 3 aliphatic rings. The average molecular weight is 409 g/mol. The minimum atomic E-state index is 0.153. The zero-order valence-corrected chi connectivity index (χ0v) is 18.0. The van der Waals surface area contributed by atoms with Crippen molar-refractivity contribution in [2.75, 3.05) is 24.5 Å². The van der Waals surface area contributed by atoms with Gasteiger partial charge < -0.3 is 10.2 Å². The largest absolute Gasteiger partial charge is 0.358 e. The second-order valence-corrected chi connectivity index (χ2v) is 9.11. The lowest BCUT2D eigenvalue weighted by Gasteiger charge is -2.47. The molecule has 148 valence electrons. The topological polar surface area (TPSA) is 30.9 Å². The van der Waals surface area contributed by atoms with Crippen molar-refractivity contribution in [1.82, 2.24) is 10.2 Å². The number of nitrogens with zero attached hydrogens (tertiary/aromatic N) is 3. The predicted molar refractivity (Wildman–Crippen MR) is 115 cm³/mol. The normalized spacial score (nSPS) is 30.3. The van der Waals surface area contributed by atoms with Gasteiger partial charge >= 0.3 is 0 Å². The van der Waals surface area contributed by atoms with Gasteiger partial charge in [-0.3, -0.25) is 4.90 Å². The summed E-state index contributed by atoms with van der Waals surface area (Å²) in [5.74, 6) is 3.00.